The van der Waals surface area contributed by atoms with E-state index in [2.05, 4.69) is 13.8 Å². The van der Waals surface area contributed by atoms with Crippen molar-refractivity contribution in [1.29, 1.82) is 0 Å². The third-order valence-electron chi connectivity index (χ3n) is 6.07. The molecule has 15 heavy (non-hydrogen) atoms. The van der Waals surface area contributed by atoms with Crippen LogP contribution < -0.4 is 0 Å². The van der Waals surface area contributed by atoms with Crippen molar-refractivity contribution in [2.45, 2.75) is 65.2 Å². The summed E-state index contributed by atoms with van der Waals surface area (Å²) in [5.74, 6) is 4.41. The Balaban J connectivity index is 1.66. The van der Waals surface area contributed by atoms with Crippen LogP contribution in [-0.2, 0) is 0 Å². The molecular formula is C15H26. The van der Waals surface area contributed by atoms with Crippen molar-refractivity contribution >= 4 is 0 Å². The van der Waals surface area contributed by atoms with Gasteiger partial charge in [-0.15, -0.1) is 0 Å². The summed E-state index contributed by atoms with van der Waals surface area (Å²) in [6.07, 6.45) is 12.4. The first kappa shape index (κ1) is 10.2. The summed E-state index contributed by atoms with van der Waals surface area (Å²) < 4.78 is 0. The molecule has 0 aromatic rings. The molecule has 0 heterocycles. The van der Waals surface area contributed by atoms with Crippen molar-refractivity contribution in [3.05, 3.63) is 0 Å². The van der Waals surface area contributed by atoms with Gasteiger partial charge in [-0.2, -0.15) is 0 Å². The zero-order valence-electron chi connectivity index (χ0n) is 10.5. The molecule has 0 saturated heterocycles. The quantitative estimate of drug-likeness (QED) is 0.617. The van der Waals surface area contributed by atoms with Gasteiger partial charge in [-0.05, 0) is 61.2 Å². The van der Waals surface area contributed by atoms with Crippen LogP contribution >= 0.6 is 0 Å². The molecule has 3 aliphatic rings. The van der Waals surface area contributed by atoms with Gasteiger partial charge in [0.2, 0.25) is 0 Å². The van der Waals surface area contributed by atoms with Crippen LogP contribution in [0.2, 0.25) is 0 Å². The zero-order valence-corrected chi connectivity index (χ0v) is 10.5. The van der Waals surface area contributed by atoms with Gasteiger partial charge in [0.15, 0.2) is 0 Å². The molecule has 0 aliphatic heterocycles. The van der Waals surface area contributed by atoms with Crippen LogP contribution in [0.15, 0.2) is 0 Å². The summed E-state index contributed by atoms with van der Waals surface area (Å²) in [5, 5.41) is 0. The summed E-state index contributed by atoms with van der Waals surface area (Å²) in [4.78, 5) is 0. The summed E-state index contributed by atoms with van der Waals surface area (Å²) in [6.45, 7) is 4.91. The summed E-state index contributed by atoms with van der Waals surface area (Å²) in [5.41, 5.74) is 0.882. The lowest BCUT2D eigenvalue weighted by atomic mass is 9.43. The molecule has 3 fully saturated rings. The smallest absolute Gasteiger partial charge is 0.0261 e. The van der Waals surface area contributed by atoms with E-state index in [1.165, 1.54) is 12.8 Å². The first-order chi connectivity index (χ1) is 7.25. The molecule has 0 amide bonds. The maximum Gasteiger partial charge on any atom is -0.0261 e. The molecule has 0 aromatic heterocycles. The molecular weight excluding hydrogens is 180 g/mol. The van der Waals surface area contributed by atoms with Crippen LogP contribution in [0.4, 0.5) is 0 Å². The fourth-order valence-electron chi connectivity index (χ4n) is 5.29. The highest BCUT2D eigenvalue weighted by atomic mass is 14.6. The van der Waals surface area contributed by atoms with Crippen molar-refractivity contribution in [3.8, 4) is 0 Å². The lowest BCUT2D eigenvalue weighted by Crippen LogP contribution is -2.53. The maximum atomic E-state index is 2.52. The highest BCUT2D eigenvalue weighted by Gasteiger charge is 2.57. The van der Waals surface area contributed by atoms with Gasteiger partial charge in [0.05, 0.1) is 0 Å². The van der Waals surface area contributed by atoms with Gasteiger partial charge in [0, 0.05) is 0 Å². The van der Waals surface area contributed by atoms with Gasteiger partial charge in [-0.25, -0.2) is 0 Å². The minimum atomic E-state index is 0.882. The van der Waals surface area contributed by atoms with E-state index in [1.807, 2.05) is 0 Å². The predicted molar refractivity (Wildman–Crippen MR) is 64.7 cm³/mol. The molecule has 0 nitrogen and oxygen atoms in total. The second-order valence-corrected chi connectivity index (χ2v) is 6.77. The van der Waals surface area contributed by atoms with Crippen LogP contribution in [0.25, 0.3) is 0 Å². The van der Waals surface area contributed by atoms with Gasteiger partial charge in [-0.3, -0.25) is 0 Å². The Morgan fingerprint density at radius 3 is 2.47 bits per heavy atom. The Morgan fingerprint density at radius 1 is 1.20 bits per heavy atom. The second kappa shape index (κ2) is 3.50. The SMILES string of the molecule is CC[C@H]1CCC(C2C(C)CC23CCC3)C1. The van der Waals surface area contributed by atoms with Crippen molar-refractivity contribution in [2.75, 3.05) is 0 Å². The lowest BCUT2D eigenvalue weighted by Gasteiger charge is -2.62. The van der Waals surface area contributed by atoms with Crippen LogP contribution in [0.3, 0.4) is 0 Å². The van der Waals surface area contributed by atoms with Crippen LogP contribution in [-0.4, -0.2) is 0 Å². The monoisotopic (exact) mass is 206 g/mol. The Kier molecular flexibility index (Phi) is 2.37. The molecule has 0 heteroatoms. The third kappa shape index (κ3) is 1.40. The van der Waals surface area contributed by atoms with Crippen LogP contribution in [0.1, 0.15) is 65.2 Å². The van der Waals surface area contributed by atoms with E-state index >= 15 is 0 Å². The minimum absolute atomic E-state index is 0.882. The van der Waals surface area contributed by atoms with Gasteiger partial charge in [-0.1, -0.05) is 33.1 Å². The fourth-order valence-corrected chi connectivity index (χ4v) is 5.29. The Morgan fingerprint density at radius 2 is 2.00 bits per heavy atom. The molecule has 3 rings (SSSR count). The van der Waals surface area contributed by atoms with E-state index in [4.69, 9.17) is 0 Å². The second-order valence-electron chi connectivity index (χ2n) is 6.77. The van der Waals surface area contributed by atoms with Crippen molar-refractivity contribution < 1.29 is 0 Å². The highest BCUT2D eigenvalue weighted by molar-refractivity contribution is 5.07. The minimum Gasteiger partial charge on any atom is -0.0651 e. The van der Waals surface area contributed by atoms with E-state index in [-0.39, 0.29) is 0 Å². The van der Waals surface area contributed by atoms with Crippen LogP contribution in [0.5, 0.6) is 0 Å². The van der Waals surface area contributed by atoms with E-state index in [0.717, 1.165) is 29.1 Å². The van der Waals surface area contributed by atoms with Crippen LogP contribution in [0, 0.1) is 29.1 Å². The third-order valence-corrected chi connectivity index (χ3v) is 6.07. The molecule has 0 bridgehead atoms. The standard InChI is InChI=1S/C15H26/c1-3-12-5-6-13(9-12)14-11(2)10-15(14)7-4-8-15/h11-14H,3-10H2,1-2H3/t11?,12-,13?,14?/m0/s1. The van der Waals surface area contributed by atoms with Gasteiger partial charge < -0.3 is 0 Å². The largest absolute Gasteiger partial charge is 0.0651 e. The Hall–Kier alpha value is 0. The topological polar surface area (TPSA) is 0 Å². The average molecular weight is 206 g/mol. The fraction of sp³-hybridized carbons (Fsp3) is 1.00. The number of rotatable bonds is 2. The normalized spacial score (nSPS) is 47.6. The Labute approximate surface area is 94.8 Å². The van der Waals surface area contributed by atoms with E-state index < -0.39 is 0 Å². The summed E-state index contributed by atoms with van der Waals surface area (Å²) >= 11 is 0. The molecule has 4 atom stereocenters. The lowest BCUT2D eigenvalue weighted by molar-refractivity contribution is -0.127. The van der Waals surface area contributed by atoms with Gasteiger partial charge in [0.1, 0.15) is 0 Å². The van der Waals surface area contributed by atoms with Crippen molar-refractivity contribution in [3.63, 3.8) is 0 Å². The molecule has 3 aliphatic carbocycles. The molecule has 1 spiro atoms. The predicted octanol–water partition coefficient (Wildman–Crippen LogP) is 4.64. The summed E-state index contributed by atoms with van der Waals surface area (Å²) in [7, 11) is 0. The molecule has 0 N–H and O–H groups in total. The molecule has 3 unspecified atom stereocenters. The first-order valence-corrected chi connectivity index (χ1v) is 7.25. The van der Waals surface area contributed by atoms with E-state index in [1.54, 1.807) is 38.5 Å². The van der Waals surface area contributed by atoms with Crippen molar-refractivity contribution in [1.82, 2.24) is 0 Å². The zero-order chi connectivity index (χ0) is 10.5. The number of hydrogen-bond acceptors (Lipinski definition) is 0. The van der Waals surface area contributed by atoms with Crippen molar-refractivity contribution in [2.24, 2.45) is 29.1 Å². The van der Waals surface area contributed by atoms with Gasteiger partial charge in [0.25, 0.3) is 0 Å². The molecule has 0 radical (unpaired) electrons. The Bertz CT molecular complexity index is 238. The molecule has 86 valence electrons. The maximum absolute atomic E-state index is 2.52. The average Bonchev–Trinajstić information content (AvgIpc) is 2.58. The van der Waals surface area contributed by atoms with Gasteiger partial charge >= 0.3 is 0 Å². The first-order valence-electron chi connectivity index (χ1n) is 7.25. The number of hydrogen-bond donors (Lipinski definition) is 0. The molecule has 3 saturated carbocycles. The highest BCUT2D eigenvalue weighted by Crippen LogP contribution is 2.66. The van der Waals surface area contributed by atoms with E-state index in [9.17, 15) is 0 Å². The van der Waals surface area contributed by atoms with E-state index in [0.29, 0.717) is 0 Å². The molecule has 0 aromatic carbocycles. The summed E-state index contributed by atoms with van der Waals surface area (Å²) in [6, 6.07) is 0.